The van der Waals surface area contributed by atoms with Crippen molar-refractivity contribution in [2.45, 2.75) is 238 Å². The summed E-state index contributed by atoms with van der Waals surface area (Å²) in [5.41, 5.74) is 13.3. The molecule has 0 fully saturated rings. The van der Waals surface area contributed by atoms with Gasteiger partial charge in [-0.25, -0.2) is 8.78 Å². The molecule has 0 unspecified atom stereocenters. The predicted molar refractivity (Wildman–Crippen MR) is 418 cm³/mol. The van der Waals surface area contributed by atoms with Crippen molar-refractivity contribution in [1.82, 2.24) is 9.13 Å². The molecule has 0 bridgehead atoms. The van der Waals surface area contributed by atoms with E-state index in [4.69, 9.17) is 9.47 Å². The minimum Gasteiger partial charge on any atom is -0.505 e. The maximum Gasteiger partial charge on any atom is 0.147 e. The fraction of sp³-hybridized carbons (Fsp3) is 0.449. The van der Waals surface area contributed by atoms with Crippen molar-refractivity contribution in [3.05, 3.63) is 184 Å². The molecule has 0 aliphatic rings. The molecule has 10 aromatic rings. The second kappa shape index (κ2) is 27.7. The molecule has 0 amide bonds. The average Bonchev–Trinajstić information content (AvgIpc) is 1.63. The molecule has 10 rings (SSSR count). The Balaban J connectivity index is 0.00000201. The van der Waals surface area contributed by atoms with Crippen molar-refractivity contribution in [1.29, 1.82) is 0 Å². The Labute approximate surface area is 613 Å². The van der Waals surface area contributed by atoms with E-state index in [9.17, 15) is 10.2 Å². The first-order valence-electron chi connectivity index (χ1n) is 35.5. The van der Waals surface area contributed by atoms with Gasteiger partial charge in [0.05, 0.1) is 46.7 Å². The van der Waals surface area contributed by atoms with Crippen molar-refractivity contribution in [3.63, 3.8) is 0 Å². The number of rotatable bonds is 14. The van der Waals surface area contributed by atoms with Gasteiger partial charge in [-0.15, -0.1) is 8.07 Å². The van der Waals surface area contributed by atoms with Crippen molar-refractivity contribution in [2.24, 2.45) is 10.8 Å². The zero-order chi connectivity index (χ0) is 72.9. The molecule has 0 atom stereocenters. The van der Waals surface area contributed by atoms with Crippen LogP contribution < -0.4 is 9.47 Å². The van der Waals surface area contributed by atoms with Crippen LogP contribution in [0.25, 0.3) is 77.2 Å². The Morgan fingerprint density at radius 3 is 0.889 bits per heavy atom. The second-order valence-electron chi connectivity index (χ2n) is 37.4. The zero-order valence-corrected chi connectivity index (χ0v) is 68.0. The molecule has 2 heterocycles. The third-order valence-corrected chi connectivity index (χ3v) is 19.0. The Hall–Kier alpha value is -6.49. The van der Waals surface area contributed by atoms with Gasteiger partial charge in [-0.05, 0) is 187 Å². The van der Waals surface area contributed by atoms with Gasteiger partial charge in [-0.3, -0.25) is 0 Å². The smallest absolute Gasteiger partial charge is 0.147 e. The molecule has 1 radical (unpaired) electrons. The summed E-state index contributed by atoms with van der Waals surface area (Å²) in [4.78, 5) is 0. The van der Waals surface area contributed by atoms with E-state index in [2.05, 4.69) is 273 Å². The monoisotopic (exact) mass is 1390 g/mol. The molecule has 2 N–H and O–H groups in total. The number of nitrogens with zero attached hydrogens (tertiary/aromatic N) is 2. The normalized spacial score (nSPS) is 13.2. The van der Waals surface area contributed by atoms with Crippen molar-refractivity contribution in [3.8, 4) is 56.6 Å². The number of hydrogen-bond acceptors (Lipinski definition) is 4. The molecular formula is C89H115F2N2O4ScSi-. The van der Waals surface area contributed by atoms with Crippen LogP contribution in [0.4, 0.5) is 8.78 Å². The van der Waals surface area contributed by atoms with E-state index in [0.717, 1.165) is 67.6 Å². The fourth-order valence-corrected chi connectivity index (χ4v) is 14.7. The quantitative estimate of drug-likeness (QED) is 0.0647. The van der Waals surface area contributed by atoms with Crippen LogP contribution >= 0.6 is 0 Å². The van der Waals surface area contributed by atoms with Gasteiger partial charge in [0.15, 0.2) is 0 Å². The van der Waals surface area contributed by atoms with Gasteiger partial charge in [0.1, 0.15) is 34.6 Å². The third-order valence-electron chi connectivity index (χ3n) is 19.0. The van der Waals surface area contributed by atoms with Gasteiger partial charge < -0.3 is 35.4 Å². The Bertz CT molecular complexity index is 4230. The van der Waals surface area contributed by atoms with Crippen LogP contribution in [0.3, 0.4) is 0 Å². The van der Waals surface area contributed by atoms with E-state index in [1.165, 1.54) is 46.5 Å². The summed E-state index contributed by atoms with van der Waals surface area (Å²) in [6.07, 6.45) is 2.05. The number of ether oxygens (including phenoxy) is 2. The predicted octanol–water partition coefficient (Wildman–Crippen LogP) is 25.7. The van der Waals surface area contributed by atoms with E-state index < -0.39 is 19.7 Å². The standard InChI is InChI=1S/C85H104F2N2O4.C4H11Si.Sc/c1-50-36-58(86)46-66(64-38-56(84(21,22)48-78(3,4)5)44-72(74(64)90)88-68-40-52(80(9,10)11)26-30-60(68)61-31-27-53(41-69(61)88)81(12,13)14)76(50)92-34-25-35-93-77-51(2)37-59(87)47-67(77)65-39-57(85(23,24)49-79(6,7)8)45-73(75(65)91)89-70-42-54(82(15,16)17)28-32-62(70)63-33-29-55(43-71(63)89)83(18,19)20;1-5(2,3)4;/h26-33,36-47,90-91H,25,34-35,48-49H2,1-24H3;1H2,2-4H3;/q;-1;. The van der Waals surface area contributed by atoms with Crippen LogP contribution in [0.15, 0.2) is 121 Å². The van der Waals surface area contributed by atoms with Crippen molar-refractivity contribution >= 4 is 51.7 Å². The molecule has 99 heavy (non-hydrogen) atoms. The van der Waals surface area contributed by atoms with Gasteiger partial charge in [0.25, 0.3) is 0 Å². The zero-order valence-electron chi connectivity index (χ0n) is 65.2. The van der Waals surface area contributed by atoms with Crippen LogP contribution in [0.5, 0.6) is 23.0 Å². The van der Waals surface area contributed by atoms with Gasteiger partial charge in [0, 0.05) is 76.1 Å². The molecule has 0 saturated heterocycles. The van der Waals surface area contributed by atoms with Crippen molar-refractivity contribution < 1.29 is 54.3 Å². The second-order valence-corrected chi connectivity index (χ2v) is 42.6. The van der Waals surface area contributed by atoms with E-state index in [-0.39, 0.29) is 93.9 Å². The van der Waals surface area contributed by atoms with Crippen LogP contribution in [0, 0.1) is 42.9 Å². The summed E-state index contributed by atoms with van der Waals surface area (Å²) >= 11 is 0. The topological polar surface area (TPSA) is 68.8 Å². The molecule has 10 heteroatoms. The first-order valence-corrected chi connectivity index (χ1v) is 39.2. The number of phenols is 2. The first-order chi connectivity index (χ1) is 44.8. The fourth-order valence-electron chi connectivity index (χ4n) is 14.7. The summed E-state index contributed by atoms with van der Waals surface area (Å²) in [5.74, 6) is 0.0528. The minimum atomic E-state index is -0.861. The minimum absolute atomic E-state index is 0. The SMILES string of the molecule is Cc1cc(F)cc(-c2cc(C(C)(C)CC(C)(C)C)cc(-n3c4cc(C(C)(C)C)ccc4c4ccc(C(C)(C)C)cc43)c2O)c1OCCCOc1c(C)cc(F)cc1-c1cc(C(C)(C)CC(C)(C)C)cc(-n2c3cc(C(C)(C)C)ccc3c3ccc(C(C)(C)C)cc32)c1O.[CH2-][Si](C)(C)C.[Sc]. The van der Waals surface area contributed by atoms with E-state index in [1.54, 1.807) is 0 Å². The molecular weight excluding hydrogens is 1270 g/mol. The largest absolute Gasteiger partial charge is 0.505 e. The number of aromatic hydroxyl groups is 2. The van der Waals surface area contributed by atoms with Crippen LogP contribution in [-0.4, -0.2) is 40.6 Å². The number of aryl methyl sites for hydroxylation is 2. The number of fused-ring (bicyclic) bond motifs is 6. The summed E-state index contributed by atoms with van der Waals surface area (Å²) in [6, 6.07) is 41.1. The van der Waals surface area contributed by atoms with Gasteiger partial charge in [-0.2, -0.15) is 0 Å². The third kappa shape index (κ3) is 17.4. The molecule has 0 aliphatic heterocycles. The summed E-state index contributed by atoms with van der Waals surface area (Å²) < 4.78 is 50.7. The summed E-state index contributed by atoms with van der Waals surface area (Å²) in [6.45, 7) is 63.7. The maximum absolute atomic E-state index is 16.3. The molecule has 527 valence electrons. The Morgan fingerprint density at radius 1 is 0.384 bits per heavy atom. The maximum atomic E-state index is 16.3. The number of phenolic OH excluding ortho intramolecular Hbond substituents is 2. The molecule has 2 aromatic heterocycles. The number of benzene rings is 8. The van der Waals surface area contributed by atoms with Gasteiger partial charge >= 0.3 is 0 Å². The van der Waals surface area contributed by atoms with Crippen LogP contribution in [0.2, 0.25) is 19.6 Å². The summed E-state index contributed by atoms with van der Waals surface area (Å²) in [5, 5.41) is 30.8. The van der Waals surface area contributed by atoms with Crippen LogP contribution in [-0.2, 0) is 58.3 Å². The Kier molecular flexibility index (Phi) is 21.9. The first kappa shape index (κ1) is 78.2. The molecule has 0 spiro atoms. The molecule has 0 saturated carbocycles. The Morgan fingerprint density at radius 2 is 0.646 bits per heavy atom. The number of halogens is 2. The van der Waals surface area contributed by atoms with Crippen LogP contribution in [0.1, 0.15) is 216 Å². The van der Waals surface area contributed by atoms with E-state index in [1.807, 2.05) is 26.0 Å². The van der Waals surface area contributed by atoms with Crippen molar-refractivity contribution in [2.75, 3.05) is 13.2 Å². The summed E-state index contributed by atoms with van der Waals surface area (Å²) in [7, 11) is -0.861. The number of aromatic nitrogens is 2. The van der Waals surface area contributed by atoms with Gasteiger partial charge in [0.2, 0.25) is 0 Å². The molecule has 0 aliphatic carbocycles. The average molecular weight is 1390 g/mol. The molecule has 8 aromatic carbocycles. The van der Waals surface area contributed by atoms with E-state index >= 15 is 8.78 Å². The van der Waals surface area contributed by atoms with Gasteiger partial charge in [-0.1, -0.05) is 220 Å². The molecule has 6 nitrogen and oxygen atoms in total. The van der Waals surface area contributed by atoms with E-state index in [0.29, 0.717) is 62.7 Å². The number of hydrogen-bond donors (Lipinski definition) is 2.